The van der Waals surface area contributed by atoms with Crippen LogP contribution >= 0.6 is 0 Å². The van der Waals surface area contributed by atoms with Crippen LogP contribution in [-0.4, -0.2) is 66.5 Å². The van der Waals surface area contributed by atoms with Crippen LogP contribution in [0.4, 0.5) is 5.69 Å². The number of nitrogens with zero attached hydrogens (tertiary/aromatic N) is 5. The van der Waals surface area contributed by atoms with Crippen molar-refractivity contribution in [2.45, 2.75) is 25.3 Å². The summed E-state index contributed by atoms with van der Waals surface area (Å²) in [6.45, 7) is 3.44. The van der Waals surface area contributed by atoms with Crippen molar-refractivity contribution in [3.05, 3.63) is 53.1 Å². The van der Waals surface area contributed by atoms with Crippen LogP contribution in [0.15, 0.2) is 30.5 Å². The fourth-order valence-corrected chi connectivity index (χ4v) is 3.91. The number of anilines is 1. The maximum atomic E-state index is 12.8. The minimum atomic E-state index is 0.0994. The molecule has 0 aliphatic carbocycles. The van der Waals surface area contributed by atoms with E-state index in [0.717, 1.165) is 49.6 Å². The molecule has 6 heteroatoms. The first kappa shape index (κ1) is 17.9. The average Bonchev–Trinajstić information content (AvgIpc) is 3.17. The van der Waals surface area contributed by atoms with E-state index in [-0.39, 0.29) is 11.8 Å². The summed E-state index contributed by atoms with van der Waals surface area (Å²) in [5.74, 6) is 1.24. The van der Waals surface area contributed by atoms with Gasteiger partial charge < -0.3 is 14.7 Å². The Morgan fingerprint density at radius 3 is 2.70 bits per heavy atom. The normalized spacial score (nSPS) is 19.8. The molecule has 4 rings (SSSR count). The number of carbonyl (C=O) groups is 1. The molecular formula is C21H27N5O. The number of rotatable bonds is 3. The highest BCUT2D eigenvalue weighted by Crippen LogP contribution is 2.27. The predicted molar refractivity (Wildman–Crippen MR) is 106 cm³/mol. The average molecular weight is 365 g/mol. The van der Waals surface area contributed by atoms with Crippen LogP contribution in [-0.2, 0) is 13.0 Å². The van der Waals surface area contributed by atoms with Gasteiger partial charge in [0.25, 0.3) is 5.91 Å². The van der Waals surface area contributed by atoms with Gasteiger partial charge in [0.1, 0.15) is 5.82 Å². The van der Waals surface area contributed by atoms with Gasteiger partial charge in [-0.05, 0) is 37.7 Å². The standard InChI is InChI=1S/C21H27N5O/c1-24(2)18-6-4-15(5-7-18)21(27)26-11-8-16(14-26)20-22-12-17-13-25(3)10-9-19(17)23-20/h4-7,12,16H,8-11,13-14H2,1-3H3. The van der Waals surface area contributed by atoms with Crippen LogP contribution < -0.4 is 4.90 Å². The smallest absolute Gasteiger partial charge is 0.253 e. The van der Waals surface area contributed by atoms with Crippen molar-refractivity contribution in [1.29, 1.82) is 0 Å². The van der Waals surface area contributed by atoms with E-state index >= 15 is 0 Å². The molecule has 0 radical (unpaired) electrons. The van der Waals surface area contributed by atoms with E-state index in [0.29, 0.717) is 6.54 Å². The monoisotopic (exact) mass is 365 g/mol. The van der Waals surface area contributed by atoms with Crippen LogP contribution in [0.25, 0.3) is 0 Å². The molecule has 0 saturated carbocycles. The number of fused-ring (bicyclic) bond motifs is 1. The highest BCUT2D eigenvalue weighted by Gasteiger charge is 2.30. The van der Waals surface area contributed by atoms with Gasteiger partial charge in [0, 0.05) is 81.3 Å². The number of benzene rings is 1. The van der Waals surface area contributed by atoms with Gasteiger partial charge in [-0.15, -0.1) is 0 Å². The van der Waals surface area contributed by atoms with Crippen molar-refractivity contribution in [1.82, 2.24) is 19.8 Å². The molecular weight excluding hydrogens is 338 g/mol. The van der Waals surface area contributed by atoms with E-state index in [9.17, 15) is 4.79 Å². The quantitative estimate of drug-likeness (QED) is 0.834. The zero-order valence-corrected chi connectivity index (χ0v) is 16.4. The lowest BCUT2D eigenvalue weighted by molar-refractivity contribution is 0.0790. The third kappa shape index (κ3) is 3.67. The Bertz CT molecular complexity index is 833. The number of aromatic nitrogens is 2. The minimum Gasteiger partial charge on any atom is -0.378 e. The molecule has 1 unspecified atom stereocenters. The molecule has 1 saturated heterocycles. The van der Waals surface area contributed by atoms with Crippen LogP contribution in [0.1, 0.15) is 39.8 Å². The van der Waals surface area contributed by atoms with Crippen molar-refractivity contribution < 1.29 is 4.79 Å². The zero-order valence-electron chi connectivity index (χ0n) is 16.4. The van der Waals surface area contributed by atoms with E-state index in [1.807, 2.05) is 54.4 Å². The van der Waals surface area contributed by atoms with Crippen LogP contribution in [0.2, 0.25) is 0 Å². The molecule has 1 aromatic heterocycles. The Kier molecular flexibility index (Phi) is 4.83. The SMILES string of the molecule is CN1CCc2nc(C3CCN(C(=O)c4ccc(N(C)C)cc4)C3)ncc2C1. The van der Waals surface area contributed by atoms with Gasteiger partial charge in [-0.2, -0.15) is 0 Å². The van der Waals surface area contributed by atoms with Crippen molar-refractivity contribution in [2.24, 2.45) is 0 Å². The van der Waals surface area contributed by atoms with Crippen LogP contribution in [0.5, 0.6) is 0 Å². The van der Waals surface area contributed by atoms with E-state index in [2.05, 4.69) is 16.9 Å². The van der Waals surface area contributed by atoms with Gasteiger partial charge in [0.15, 0.2) is 0 Å². The second kappa shape index (κ2) is 7.27. The fraction of sp³-hybridized carbons (Fsp3) is 0.476. The van der Waals surface area contributed by atoms with Gasteiger partial charge in [0.2, 0.25) is 0 Å². The molecule has 27 heavy (non-hydrogen) atoms. The summed E-state index contributed by atoms with van der Waals surface area (Å²) in [6.07, 6.45) is 3.90. The third-order valence-electron chi connectivity index (χ3n) is 5.61. The molecule has 2 aliphatic heterocycles. The number of hydrogen-bond acceptors (Lipinski definition) is 5. The number of likely N-dealkylation sites (tertiary alicyclic amines) is 1. The largest absolute Gasteiger partial charge is 0.378 e. The minimum absolute atomic E-state index is 0.0994. The van der Waals surface area contributed by atoms with Crippen LogP contribution in [0, 0.1) is 0 Å². The van der Waals surface area contributed by atoms with E-state index in [4.69, 9.17) is 4.98 Å². The molecule has 3 heterocycles. The summed E-state index contributed by atoms with van der Waals surface area (Å²) in [5, 5.41) is 0. The van der Waals surface area contributed by atoms with Gasteiger partial charge in [-0.3, -0.25) is 4.79 Å². The van der Waals surface area contributed by atoms with Crippen molar-refractivity contribution in [3.63, 3.8) is 0 Å². The molecule has 2 aliphatic rings. The maximum Gasteiger partial charge on any atom is 0.253 e. The molecule has 1 amide bonds. The number of hydrogen-bond donors (Lipinski definition) is 0. The van der Waals surface area contributed by atoms with Gasteiger partial charge in [-0.25, -0.2) is 9.97 Å². The van der Waals surface area contributed by atoms with Crippen molar-refractivity contribution in [3.8, 4) is 0 Å². The summed E-state index contributed by atoms with van der Waals surface area (Å²) in [5.41, 5.74) is 4.26. The van der Waals surface area contributed by atoms with Crippen molar-refractivity contribution in [2.75, 3.05) is 45.7 Å². The topological polar surface area (TPSA) is 52.6 Å². The van der Waals surface area contributed by atoms with Gasteiger partial charge in [-0.1, -0.05) is 0 Å². The fourth-order valence-electron chi connectivity index (χ4n) is 3.91. The second-order valence-electron chi connectivity index (χ2n) is 7.87. The number of amides is 1. The molecule has 1 aromatic carbocycles. The molecule has 0 bridgehead atoms. The first-order valence-corrected chi connectivity index (χ1v) is 9.61. The summed E-state index contributed by atoms with van der Waals surface area (Å²) in [4.78, 5) is 28.6. The Morgan fingerprint density at radius 1 is 1.19 bits per heavy atom. The molecule has 142 valence electrons. The molecule has 6 nitrogen and oxygen atoms in total. The first-order chi connectivity index (χ1) is 13.0. The number of likely N-dealkylation sites (N-methyl/N-ethyl adjacent to an activating group) is 1. The Balaban J connectivity index is 1.44. The highest BCUT2D eigenvalue weighted by atomic mass is 16.2. The second-order valence-corrected chi connectivity index (χ2v) is 7.87. The summed E-state index contributed by atoms with van der Waals surface area (Å²) >= 11 is 0. The Labute approximate surface area is 160 Å². The molecule has 0 spiro atoms. The Morgan fingerprint density at radius 2 is 1.96 bits per heavy atom. The van der Waals surface area contributed by atoms with E-state index in [1.54, 1.807) is 0 Å². The lowest BCUT2D eigenvalue weighted by Gasteiger charge is -2.24. The van der Waals surface area contributed by atoms with Gasteiger partial charge >= 0.3 is 0 Å². The summed E-state index contributed by atoms with van der Waals surface area (Å²) < 4.78 is 0. The number of carbonyl (C=O) groups excluding carboxylic acids is 1. The lowest BCUT2D eigenvalue weighted by Crippen LogP contribution is -2.29. The first-order valence-electron chi connectivity index (χ1n) is 9.61. The zero-order chi connectivity index (χ0) is 19.0. The van der Waals surface area contributed by atoms with E-state index in [1.165, 1.54) is 11.3 Å². The molecule has 1 fully saturated rings. The molecule has 1 atom stereocenters. The third-order valence-corrected chi connectivity index (χ3v) is 5.61. The summed E-state index contributed by atoms with van der Waals surface area (Å²) in [6, 6.07) is 7.81. The lowest BCUT2D eigenvalue weighted by atomic mass is 10.1. The maximum absolute atomic E-state index is 12.8. The Hall–Kier alpha value is -2.47. The molecule has 2 aromatic rings. The van der Waals surface area contributed by atoms with Crippen LogP contribution in [0.3, 0.4) is 0 Å². The van der Waals surface area contributed by atoms with E-state index < -0.39 is 0 Å². The summed E-state index contributed by atoms with van der Waals surface area (Å²) in [7, 11) is 6.12. The highest BCUT2D eigenvalue weighted by molar-refractivity contribution is 5.94. The molecule has 0 N–H and O–H groups in total. The predicted octanol–water partition coefficient (Wildman–Crippen LogP) is 2.16. The van der Waals surface area contributed by atoms with Crippen molar-refractivity contribution >= 4 is 11.6 Å². The van der Waals surface area contributed by atoms with Gasteiger partial charge in [0.05, 0.1) is 0 Å².